The molecule has 0 radical (unpaired) electrons. The molecule has 0 N–H and O–H groups in total. The number of rotatable bonds is 5. The average Bonchev–Trinajstić information content (AvgIpc) is 2.59. The molecule has 0 aliphatic rings. The molecule has 0 aromatic heterocycles. The van der Waals surface area contributed by atoms with Crippen molar-refractivity contribution in [2.75, 3.05) is 14.2 Å². The topological polar surface area (TPSA) is 52.6 Å². The molecule has 0 amide bonds. The predicted molar refractivity (Wildman–Crippen MR) is 97.9 cm³/mol. The van der Waals surface area contributed by atoms with Crippen LogP contribution in [-0.4, -0.2) is 26.2 Å². The Bertz CT molecular complexity index is 712. The maximum Gasteiger partial charge on any atom is 0.324 e. The fraction of sp³-hybridized carbons (Fsp3) is 0.429. The molecule has 4 nitrogen and oxygen atoms in total. The lowest BCUT2D eigenvalue weighted by atomic mass is 9.80. The lowest BCUT2D eigenvalue weighted by molar-refractivity contribution is -0.168. The number of hydrogen-bond donors (Lipinski definition) is 0. The highest BCUT2D eigenvalue weighted by atomic mass is 16.5. The van der Waals surface area contributed by atoms with Crippen molar-refractivity contribution in [2.24, 2.45) is 5.41 Å². The van der Waals surface area contributed by atoms with Crippen LogP contribution in [0.4, 0.5) is 0 Å². The second kappa shape index (κ2) is 9.08. The summed E-state index contributed by atoms with van der Waals surface area (Å²) < 4.78 is 9.74. The number of carbonyl (C=O) groups excluding carboxylic acids is 2. The molecular formula is C21H26O4. The smallest absolute Gasteiger partial charge is 0.324 e. The van der Waals surface area contributed by atoms with E-state index < -0.39 is 17.4 Å². The highest BCUT2D eigenvalue weighted by Crippen LogP contribution is 2.31. The molecular weight excluding hydrogens is 316 g/mol. The summed E-state index contributed by atoms with van der Waals surface area (Å²) in [4.78, 5) is 24.7. The molecule has 0 atom stereocenters. The highest BCUT2D eigenvalue weighted by Gasteiger charge is 2.47. The summed E-state index contributed by atoms with van der Waals surface area (Å²) in [5.74, 6) is 4.72. The Hall–Kier alpha value is -2.54. The van der Waals surface area contributed by atoms with Crippen molar-refractivity contribution < 1.29 is 19.1 Å². The number of esters is 2. The van der Waals surface area contributed by atoms with E-state index in [0.29, 0.717) is 0 Å². The van der Waals surface area contributed by atoms with Gasteiger partial charge in [0, 0.05) is 12.0 Å². The van der Waals surface area contributed by atoms with Crippen LogP contribution in [0, 0.1) is 31.1 Å². The van der Waals surface area contributed by atoms with Crippen LogP contribution in [-0.2, 0) is 19.1 Å². The number of carbonyl (C=O) groups is 2. The van der Waals surface area contributed by atoms with Crippen molar-refractivity contribution in [1.29, 1.82) is 0 Å². The van der Waals surface area contributed by atoms with Gasteiger partial charge in [-0.2, -0.15) is 0 Å². The molecule has 134 valence electrons. The molecule has 0 fully saturated rings. The molecule has 1 aromatic rings. The molecule has 0 unspecified atom stereocenters. The van der Waals surface area contributed by atoms with Crippen LogP contribution in [0.15, 0.2) is 29.8 Å². The van der Waals surface area contributed by atoms with Crippen LogP contribution < -0.4 is 0 Å². The van der Waals surface area contributed by atoms with Gasteiger partial charge in [-0.05, 0) is 57.4 Å². The monoisotopic (exact) mass is 342 g/mol. The summed E-state index contributed by atoms with van der Waals surface area (Å²) in [7, 11) is 2.53. The normalized spacial score (nSPS) is 10.3. The fourth-order valence-corrected chi connectivity index (χ4v) is 2.35. The van der Waals surface area contributed by atoms with E-state index in [1.54, 1.807) is 0 Å². The second-order valence-corrected chi connectivity index (χ2v) is 6.33. The second-order valence-electron chi connectivity index (χ2n) is 6.33. The lowest BCUT2D eigenvalue weighted by Gasteiger charge is -2.25. The lowest BCUT2D eigenvalue weighted by Crippen LogP contribution is -2.40. The number of allylic oxidation sites excluding steroid dienone is 2. The largest absolute Gasteiger partial charge is 0.468 e. The van der Waals surface area contributed by atoms with Crippen molar-refractivity contribution >= 4 is 11.9 Å². The van der Waals surface area contributed by atoms with Gasteiger partial charge in [-0.3, -0.25) is 9.59 Å². The van der Waals surface area contributed by atoms with E-state index in [1.165, 1.54) is 19.8 Å². The first kappa shape index (κ1) is 20.5. The van der Waals surface area contributed by atoms with Crippen LogP contribution in [0.3, 0.4) is 0 Å². The maximum absolute atomic E-state index is 12.4. The van der Waals surface area contributed by atoms with Crippen LogP contribution >= 0.6 is 0 Å². The standard InChI is InChI=1S/C21H26O4/c1-15(2)11-13-21(19(22)24-5,20(23)25-6)12-7-8-18-10-9-16(3)17(4)14-18/h9-11,14H,12-13H2,1-6H3. The molecule has 0 saturated heterocycles. The van der Waals surface area contributed by atoms with Crippen LogP contribution in [0.25, 0.3) is 0 Å². The Balaban J connectivity index is 3.21. The third-order valence-electron chi connectivity index (χ3n) is 4.14. The van der Waals surface area contributed by atoms with E-state index in [4.69, 9.17) is 9.47 Å². The quantitative estimate of drug-likeness (QED) is 0.354. The maximum atomic E-state index is 12.4. The van der Waals surface area contributed by atoms with Crippen LogP contribution in [0.5, 0.6) is 0 Å². The van der Waals surface area contributed by atoms with Crippen LogP contribution in [0.2, 0.25) is 0 Å². The first-order valence-electron chi connectivity index (χ1n) is 8.13. The van der Waals surface area contributed by atoms with Crippen molar-refractivity contribution in [3.05, 3.63) is 46.5 Å². The van der Waals surface area contributed by atoms with E-state index >= 15 is 0 Å². The van der Waals surface area contributed by atoms with Gasteiger partial charge in [0.2, 0.25) is 0 Å². The van der Waals surface area contributed by atoms with Gasteiger partial charge < -0.3 is 9.47 Å². The third-order valence-corrected chi connectivity index (χ3v) is 4.14. The summed E-state index contributed by atoms with van der Waals surface area (Å²) >= 11 is 0. The minimum atomic E-state index is -1.45. The van der Waals surface area contributed by atoms with E-state index in [0.717, 1.165) is 16.7 Å². The van der Waals surface area contributed by atoms with Crippen molar-refractivity contribution in [3.8, 4) is 11.8 Å². The van der Waals surface area contributed by atoms with E-state index in [2.05, 4.69) is 11.8 Å². The molecule has 0 bridgehead atoms. The zero-order chi connectivity index (χ0) is 19.0. The van der Waals surface area contributed by atoms with Gasteiger partial charge in [-0.1, -0.05) is 29.6 Å². The first-order chi connectivity index (χ1) is 11.8. The summed E-state index contributed by atoms with van der Waals surface area (Å²) in [6.45, 7) is 7.86. The van der Waals surface area contributed by atoms with Gasteiger partial charge in [0.05, 0.1) is 14.2 Å². The zero-order valence-electron chi connectivity index (χ0n) is 15.9. The van der Waals surface area contributed by atoms with E-state index in [-0.39, 0.29) is 12.8 Å². The van der Waals surface area contributed by atoms with Gasteiger partial charge in [0.1, 0.15) is 0 Å². The van der Waals surface area contributed by atoms with Gasteiger partial charge in [-0.25, -0.2) is 0 Å². The summed E-state index contributed by atoms with van der Waals surface area (Å²) in [6.07, 6.45) is 2.05. The molecule has 4 heteroatoms. The Morgan fingerprint density at radius 1 is 1.08 bits per heavy atom. The molecule has 0 aliphatic heterocycles. The Kier molecular flexibility index (Phi) is 7.44. The van der Waals surface area contributed by atoms with Crippen molar-refractivity contribution in [1.82, 2.24) is 0 Å². The predicted octanol–water partition coefficient (Wildman–Crippen LogP) is 3.73. The van der Waals surface area contributed by atoms with Gasteiger partial charge in [0.25, 0.3) is 0 Å². The summed E-state index contributed by atoms with van der Waals surface area (Å²) in [5.41, 5.74) is 2.72. The number of aryl methyl sites for hydroxylation is 2. The van der Waals surface area contributed by atoms with Gasteiger partial charge in [-0.15, -0.1) is 0 Å². The first-order valence-corrected chi connectivity index (χ1v) is 8.13. The van der Waals surface area contributed by atoms with Gasteiger partial charge >= 0.3 is 11.9 Å². The van der Waals surface area contributed by atoms with Crippen LogP contribution in [0.1, 0.15) is 43.4 Å². The number of hydrogen-bond acceptors (Lipinski definition) is 4. The average molecular weight is 342 g/mol. The SMILES string of the molecule is COC(=O)C(CC#Cc1ccc(C)c(C)c1)(CC=C(C)C)C(=O)OC. The summed E-state index contributed by atoms with van der Waals surface area (Å²) in [5, 5.41) is 0. The van der Waals surface area contributed by atoms with E-state index in [1.807, 2.05) is 52.0 Å². The zero-order valence-corrected chi connectivity index (χ0v) is 15.9. The molecule has 0 aliphatic carbocycles. The van der Waals surface area contributed by atoms with Gasteiger partial charge in [0.15, 0.2) is 5.41 Å². The van der Waals surface area contributed by atoms with E-state index in [9.17, 15) is 9.59 Å². The highest BCUT2D eigenvalue weighted by molar-refractivity contribution is 6.00. The number of methoxy groups -OCH3 is 2. The molecule has 1 rings (SSSR count). The Morgan fingerprint density at radius 2 is 1.68 bits per heavy atom. The Morgan fingerprint density at radius 3 is 2.16 bits per heavy atom. The minimum Gasteiger partial charge on any atom is -0.468 e. The number of benzene rings is 1. The number of ether oxygens (including phenoxy) is 2. The molecule has 0 heterocycles. The van der Waals surface area contributed by atoms with Crippen molar-refractivity contribution in [2.45, 2.75) is 40.5 Å². The molecule has 0 saturated carbocycles. The molecule has 25 heavy (non-hydrogen) atoms. The fourth-order valence-electron chi connectivity index (χ4n) is 2.35. The summed E-state index contributed by atoms with van der Waals surface area (Å²) in [6, 6.07) is 5.90. The minimum absolute atomic E-state index is 0.0308. The molecule has 0 spiro atoms. The van der Waals surface area contributed by atoms with Crippen molar-refractivity contribution in [3.63, 3.8) is 0 Å². The third kappa shape index (κ3) is 5.22. The Labute approximate surface area is 150 Å². The molecule has 1 aromatic carbocycles.